The summed E-state index contributed by atoms with van der Waals surface area (Å²) in [6.45, 7) is 0. The predicted octanol–water partition coefficient (Wildman–Crippen LogP) is 11.9. The zero-order valence-corrected chi connectivity index (χ0v) is 26.0. The standard InChI is InChI=1S/C43H25N3S/c1-3-9-29-23-32(17-13-26(29)7-1)41-44-42(33-18-14-27-8-2-4-10-30(27)24-33)46-43(45-41)34-19-21-35-31(25-34)16-15-28-20-22-38-40(39(28)35)36-11-5-6-12-37(36)47-38/h1-25H. The second-order valence-electron chi connectivity index (χ2n) is 12.1. The molecule has 2 aromatic heterocycles. The van der Waals surface area contributed by atoms with E-state index >= 15 is 0 Å². The van der Waals surface area contributed by atoms with Crippen LogP contribution in [0.15, 0.2) is 152 Å². The highest BCUT2D eigenvalue weighted by Crippen LogP contribution is 2.41. The molecule has 0 bridgehead atoms. The molecule has 10 rings (SSSR count). The summed E-state index contributed by atoms with van der Waals surface area (Å²) in [6, 6.07) is 53.9. The van der Waals surface area contributed by atoms with Crippen molar-refractivity contribution in [2.24, 2.45) is 0 Å². The van der Waals surface area contributed by atoms with E-state index in [2.05, 4.69) is 152 Å². The minimum absolute atomic E-state index is 0.660. The molecule has 0 saturated carbocycles. The number of fused-ring (bicyclic) bond motifs is 9. The first-order valence-electron chi connectivity index (χ1n) is 15.8. The first-order valence-corrected chi connectivity index (χ1v) is 16.6. The maximum absolute atomic E-state index is 5.10. The predicted molar refractivity (Wildman–Crippen MR) is 199 cm³/mol. The molecule has 0 spiro atoms. The summed E-state index contributed by atoms with van der Waals surface area (Å²) in [5.74, 6) is 1.98. The number of hydrogen-bond acceptors (Lipinski definition) is 4. The molecule has 4 heteroatoms. The van der Waals surface area contributed by atoms with Crippen molar-refractivity contribution in [1.82, 2.24) is 15.0 Å². The Kier molecular flexibility index (Phi) is 5.74. The summed E-state index contributed by atoms with van der Waals surface area (Å²) in [7, 11) is 0. The Morgan fingerprint density at radius 3 is 1.47 bits per heavy atom. The lowest BCUT2D eigenvalue weighted by Gasteiger charge is -2.11. The van der Waals surface area contributed by atoms with Crippen LogP contribution < -0.4 is 0 Å². The zero-order valence-electron chi connectivity index (χ0n) is 25.2. The fourth-order valence-electron chi connectivity index (χ4n) is 6.93. The number of aromatic nitrogens is 3. The molecule has 0 atom stereocenters. The molecule has 3 nitrogen and oxygen atoms in total. The third kappa shape index (κ3) is 4.30. The van der Waals surface area contributed by atoms with E-state index in [0.29, 0.717) is 17.5 Å². The summed E-state index contributed by atoms with van der Waals surface area (Å²) in [5, 5.41) is 12.3. The Hall–Kier alpha value is -5.97. The van der Waals surface area contributed by atoms with E-state index in [1.54, 1.807) is 0 Å². The Bertz CT molecular complexity index is 2770. The minimum atomic E-state index is 0.660. The normalized spacial score (nSPS) is 11.8. The molecule has 2 heterocycles. The fourth-order valence-corrected chi connectivity index (χ4v) is 8.04. The summed E-state index contributed by atoms with van der Waals surface area (Å²) >= 11 is 1.86. The van der Waals surface area contributed by atoms with Gasteiger partial charge in [-0.25, -0.2) is 15.0 Å². The smallest absolute Gasteiger partial charge is 0.164 e. The Morgan fingerprint density at radius 1 is 0.319 bits per heavy atom. The zero-order chi connectivity index (χ0) is 30.9. The van der Waals surface area contributed by atoms with Gasteiger partial charge in [0.1, 0.15) is 0 Å². The van der Waals surface area contributed by atoms with Gasteiger partial charge in [0.15, 0.2) is 17.5 Å². The van der Waals surface area contributed by atoms with Gasteiger partial charge >= 0.3 is 0 Å². The van der Waals surface area contributed by atoms with Crippen molar-refractivity contribution in [3.05, 3.63) is 152 Å². The van der Waals surface area contributed by atoms with Gasteiger partial charge in [-0.1, -0.05) is 121 Å². The second-order valence-corrected chi connectivity index (χ2v) is 13.2. The van der Waals surface area contributed by atoms with Crippen molar-refractivity contribution in [3.63, 3.8) is 0 Å². The summed E-state index contributed by atoms with van der Waals surface area (Å²) in [4.78, 5) is 15.3. The van der Waals surface area contributed by atoms with E-state index in [-0.39, 0.29) is 0 Å². The topological polar surface area (TPSA) is 38.7 Å². The monoisotopic (exact) mass is 615 g/mol. The van der Waals surface area contributed by atoms with Crippen LogP contribution in [0.2, 0.25) is 0 Å². The molecular formula is C43H25N3S. The molecule has 0 N–H and O–H groups in total. The molecule has 0 aliphatic rings. The number of hydrogen-bond donors (Lipinski definition) is 0. The van der Waals surface area contributed by atoms with Crippen LogP contribution in [0.25, 0.3) is 97.4 Å². The third-order valence-electron chi connectivity index (χ3n) is 9.25. The average Bonchev–Trinajstić information content (AvgIpc) is 3.53. The molecule has 0 aliphatic heterocycles. The maximum atomic E-state index is 5.10. The van der Waals surface area contributed by atoms with Gasteiger partial charge in [-0.15, -0.1) is 11.3 Å². The highest BCUT2D eigenvalue weighted by molar-refractivity contribution is 7.26. The van der Waals surface area contributed by atoms with Gasteiger partial charge in [0.25, 0.3) is 0 Å². The SMILES string of the molecule is c1ccc2cc(-c3nc(-c4ccc5ccccc5c4)nc(-c4ccc5c(ccc6ccc7sc8ccccc8c7c65)c4)n3)ccc2c1. The third-order valence-corrected chi connectivity index (χ3v) is 10.4. The van der Waals surface area contributed by atoms with Gasteiger partial charge in [0, 0.05) is 36.9 Å². The van der Waals surface area contributed by atoms with Crippen molar-refractivity contribution in [2.75, 3.05) is 0 Å². The van der Waals surface area contributed by atoms with Crippen LogP contribution in [0, 0.1) is 0 Å². The van der Waals surface area contributed by atoms with Crippen molar-refractivity contribution < 1.29 is 0 Å². The first kappa shape index (κ1) is 26.3. The molecule has 8 aromatic carbocycles. The fraction of sp³-hybridized carbons (Fsp3) is 0. The minimum Gasteiger partial charge on any atom is -0.208 e. The van der Waals surface area contributed by atoms with Gasteiger partial charge in [-0.2, -0.15) is 0 Å². The van der Waals surface area contributed by atoms with Crippen LogP contribution in [-0.4, -0.2) is 15.0 Å². The van der Waals surface area contributed by atoms with Gasteiger partial charge < -0.3 is 0 Å². The Morgan fingerprint density at radius 2 is 0.809 bits per heavy atom. The first-order chi connectivity index (χ1) is 23.2. The highest BCUT2D eigenvalue weighted by atomic mass is 32.1. The highest BCUT2D eigenvalue weighted by Gasteiger charge is 2.16. The molecule has 0 radical (unpaired) electrons. The Labute approximate surface area is 274 Å². The van der Waals surface area contributed by atoms with E-state index in [0.717, 1.165) is 32.8 Å². The summed E-state index contributed by atoms with van der Waals surface area (Å²) < 4.78 is 2.63. The summed E-state index contributed by atoms with van der Waals surface area (Å²) in [6.07, 6.45) is 0. The molecule has 0 fully saturated rings. The summed E-state index contributed by atoms with van der Waals surface area (Å²) in [5.41, 5.74) is 2.89. The van der Waals surface area contributed by atoms with Crippen molar-refractivity contribution in [1.29, 1.82) is 0 Å². The van der Waals surface area contributed by atoms with Crippen LogP contribution in [0.3, 0.4) is 0 Å². The van der Waals surface area contributed by atoms with Crippen LogP contribution in [-0.2, 0) is 0 Å². The molecule has 0 saturated heterocycles. The lowest BCUT2D eigenvalue weighted by Crippen LogP contribution is -2.00. The molecule has 10 aromatic rings. The molecule has 0 amide bonds. The van der Waals surface area contributed by atoms with Crippen LogP contribution in [0.4, 0.5) is 0 Å². The number of benzene rings is 8. The Balaban J connectivity index is 1.19. The van der Waals surface area contributed by atoms with Gasteiger partial charge in [-0.05, 0) is 73.4 Å². The van der Waals surface area contributed by atoms with Crippen molar-refractivity contribution in [2.45, 2.75) is 0 Å². The van der Waals surface area contributed by atoms with E-state index < -0.39 is 0 Å². The second kappa shape index (κ2) is 10.3. The molecule has 47 heavy (non-hydrogen) atoms. The van der Waals surface area contributed by atoms with E-state index in [4.69, 9.17) is 15.0 Å². The number of rotatable bonds is 3. The van der Waals surface area contributed by atoms with Gasteiger partial charge in [-0.3, -0.25) is 0 Å². The van der Waals surface area contributed by atoms with Crippen LogP contribution >= 0.6 is 11.3 Å². The van der Waals surface area contributed by atoms with E-state index in [1.165, 1.54) is 47.1 Å². The average molecular weight is 616 g/mol. The number of thiophene rings is 1. The maximum Gasteiger partial charge on any atom is 0.164 e. The van der Waals surface area contributed by atoms with E-state index in [1.807, 2.05) is 11.3 Å². The quantitative estimate of drug-likeness (QED) is 0.186. The molecule has 0 unspecified atom stereocenters. The van der Waals surface area contributed by atoms with Crippen molar-refractivity contribution >= 4 is 74.6 Å². The van der Waals surface area contributed by atoms with Crippen LogP contribution in [0.5, 0.6) is 0 Å². The van der Waals surface area contributed by atoms with Crippen molar-refractivity contribution in [3.8, 4) is 34.2 Å². The lowest BCUT2D eigenvalue weighted by molar-refractivity contribution is 1.08. The van der Waals surface area contributed by atoms with Gasteiger partial charge in [0.05, 0.1) is 0 Å². The van der Waals surface area contributed by atoms with E-state index in [9.17, 15) is 0 Å². The number of nitrogens with zero attached hydrogens (tertiary/aromatic N) is 3. The van der Waals surface area contributed by atoms with Crippen LogP contribution in [0.1, 0.15) is 0 Å². The molecule has 218 valence electrons. The molecule has 0 aliphatic carbocycles. The lowest BCUT2D eigenvalue weighted by atomic mass is 9.96. The largest absolute Gasteiger partial charge is 0.208 e. The van der Waals surface area contributed by atoms with Gasteiger partial charge in [0.2, 0.25) is 0 Å². The molecular weight excluding hydrogens is 591 g/mol.